The monoisotopic (exact) mass is 345 g/mol. The summed E-state index contributed by atoms with van der Waals surface area (Å²) in [6, 6.07) is 4.06. The van der Waals surface area contributed by atoms with E-state index in [2.05, 4.69) is 29.1 Å². The van der Waals surface area contributed by atoms with E-state index in [0.29, 0.717) is 24.0 Å². The van der Waals surface area contributed by atoms with Gasteiger partial charge in [0, 0.05) is 24.2 Å². The molecule has 0 saturated carbocycles. The Morgan fingerprint density at radius 1 is 1.38 bits per heavy atom. The lowest BCUT2D eigenvalue weighted by Gasteiger charge is -2.18. The summed E-state index contributed by atoms with van der Waals surface area (Å²) in [7, 11) is 0. The van der Waals surface area contributed by atoms with Gasteiger partial charge in [-0.15, -0.1) is 11.3 Å². The summed E-state index contributed by atoms with van der Waals surface area (Å²) in [4.78, 5) is 21.9. The molecule has 0 aliphatic carbocycles. The number of ether oxygens (including phenoxy) is 1. The molecule has 0 aromatic carbocycles. The molecule has 6 heteroatoms. The van der Waals surface area contributed by atoms with Gasteiger partial charge in [-0.3, -0.25) is 9.78 Å². The van der Waals surface area contributed by atoms with Crippen molar-refractivity contribution in [3.8, 4) is 0 Å². The number of nitrogens with zero attached hydrogens (tertiary/aromatic N) is 2. The minimum absolute atomic E-state index is 0.0351. The number of hydrogen-bond donors (Lipinski definition) is 1. The third-order valence-electron chi connectivity index (χ3n) is 4.28. The Morgan fingerprint density at radius 3 is 2.79 bits per heavy atom. The minimum Gasteiger partial charge on any atom is -0.379 e. The van der Waals surface area contributed by atoms with Crippen LogP contribution in [0.1, 0.15) is 45.7 Å². The van der Waals surface area contributed by atoms with E-state index in [1.807, 2.05) is 19.1 Å². The summed E-state index contributed by atoms with van der Waals surface area (Å²) >= 11 is 1.49. The van der Waals surface area contributed by atoms with Crippen molar-refractivity contribution in [3.63, 3.8) is 0 Å². The van der Waals surface area contributed by atoms with Crippen molar-refractivity contribution in [2.75, 3.05) is 13.2 Å². The third-order valence-corrected chi connectivity index (χ3v) is 5.73. The van der Waals surface area contributed by atoms with E-state index in [1.165, 1.54) is 16.9 Å². The second-order valence-electron chi connectivity index (χ2n) is 6.56. The van der Waals surface area contributed by atoms with E-state index < -0.39 is 0 Å². The molecule has 0 radical (unpaired) electrons. The van der Waals surface area contributed by atoms with E-state index in [0.717, 1.165) is 17.1 Å². The van der Waals surface area contributed by atoms with Crippen molar-refractivity contribution in [2.45, 2.75) is 39.2 Å². The zero-order valence-corrected chi connectivity index (χ0v) is 15.1. The molecule has 24 heavy (non-hydrogen) atoms. The van der Waals surface area contributed by atoms with Crippen LogP contribution < -0.4 is 5.32 Å². The molecule has 128 valence electrons. The molecule has 3 rings (SSSR count). The third kappa shape index (κ3) is 3.82. The molecule has 5 nitrogen and oxygen atoms in total. The van der Waals surface area contributed by atoms with Crippen LogP contribution in [-0.4, -0.2) is 35.1 Å². The Labute approximate surface area is 146 Å². The first kappa shape index (κ1) is 17.0. The van der Waals surface area contributed by atoms with Crippen LogP contribution in [0.4, 0.5) is 0 Å². The van der Waals surface area contributed by atoms with Crippen molar-refractivity contribution in [1.82, 2.24) is 15.3 Å². The molecule has 3 heterocycles. The van der Waals surface area contributed by atoms with Crippen LogP contribution in [0.25, 0.3) is 0 Å². The Bertz CT molecular complexity index is 700. The van der Waals surface area contributed by atoms with E-state index >= 15 is 0 Å². The predicted molar refractivity (Wildman–Crippen MR) is 94.4 cm³/mol. The predicted octanol–water partition coefficient (Wildman–Crippen LogP) is 2.96. The number of hydrogen-bond acceptors (Lipinski definition) is 5. The van der Waals surface area contributed by atoms with E-state index in [9.17, 15) is 4.79 Å². The SMILES string of the molecule is Cc1nc(C(C)C)sc1C(=O)N[C@@H]1COC[C@H]1Cc1ccncc1. The molecule has 0 unspecified atom stereocenters. The first-order chi connectivity index (χ1) is 11.5. The van der Waals surface area contributed by atoms with Gasteiger partial charge in [-0.05, 0) is 31.0 Å². The number of pyridine rings is 1. The van der Waals surface area contributed by atoms with Gasteiger partial charge in [-0.1, -0.05) is 13.8 Å². The van der Waals surface area contributed by atoms with Crippen molar-refractivity contribution in [3.05, 3.63) is 45.7 Å². The summed E-state index contributed by atoms with van der Waals surface area (Å²) in [6.45, 7) is 7.32. The molecule has 0 bridgehead atoms. The summed E-state index contributed by atoms with van der Waals surface area (Å²) in [5, 5.41) is 4.16. The van der Waals surface area contributed by atoms with Crippen LogP contribution in [0, 0.1) is 12.8 Å². The minimum atomic E-state index is -0.0351. The number of aromatic nitrogens is 2. The van der Waals surface area contributed by atoms with Gasteiger partial charge in [0.2, 0.25) is 0 Å². The van der Waals surface area contributed by atoms with Crippen molar-refractivity contribution >= 4 is 17.2 Å². The van der Waals surface area contributed by atoms with Gasteiger partial charge >= 0.3 is 0 Å². The highest BCUT2D eigenvalue weighted by Gasteiger charge is 2.31. The largest absolute Gasteiger partial charge is 0.379 e. The molecule has 1 aliphatic rings. The van der Waals surface area contributed by atoms with E-state index in [1.54, 1.807) is 12.4 Å². The normalized spacial score (nSPS) is 20.5. The van der Waals surface area contributed by atoms with Gasteiger partial charge in [-0.2, -0.15) is 0 Å². The van der Waals surface area contributed by atoms with E-state index in [4.69, 9.17) is 4.74 Å². The van der Waals surface area contributed by atoms with E-state index in [-0.39, 0.29) is 17.9 Å². The second-order valence-corrected chi connectivity index (χ2v) is 7.59. The van der Waals surface area contributed by atoms with Crippen LogP contribution in [-0.2, 0) is 11.2 Å². The van der Waals surface area contributed by atoms with Gasteiger partial charge in [0.1, 0.15) is 4.88 Å². The van der Waals surface area contributed by atoms with Gasteiger partial charge in [0.05, 0.1) is 30.0 Å². The van der Waals surface area contributed by atoms with Crippen LogP contribution >= 0.6 is 11.3 Å². The maximum absolute atomic E-state index is 12.6. The number of amides is 1. The van der Waals surface area contributed by atoms with Gasteiger partial charge in [-0.25, -0.2) is 4.98 Å². The molecule has 2 aromatic heterocycles. The number of aryl methyl sites for hydroxylation is 1. The van der Waals surface area contributed by atoms with Crippen LogP contribution in [0.15, 0.2) is 24.5 Å². The highest BCUT2D eigenvalue weighted by atomic mass is 32.1. The van der Waals surface area contributed by atoms with Crippen LogP contribution in [0.2, 0.25) is 0 Å². The summed E-state index contributed by atoms with van der Waals surface area (Å²) in [6.07, 6.45) is 4.48. The summed E-state index contributed by atoms with van der Waals surface area (Å²) in [5.74, 6) is 0.589. The lowest BCUT2D eigenvalue weighted by molar-refractivity contribution is 0.0928. The molecule has 1 saturated heterocycles. The molecule has 1 aliphatic heterocycles. The molecule has 1 fully saturated rings. The van der Waals surface area contributed by atoms with Gasteiger partial charge in [0.15, 0.2) is 0 Å². The first-order valence-corrected chi connectivity index (χ1v) is 9.11. The number of carbonyl (C=O) groups excluding carboxylic acids is 1. The Balaban J connectivity index is 1.67. The molecule has 1 amide bonds. The lowest BCUT2D eigenvalue weighted by Crippen LogP contribution is -2.40. The highest BCUT2D eigenvalue weighted by molar-refractivity contribution is 7.13. The van der Waals surface area contributed by atoms with Crippen LogP contribution in [0.3, 0.4) is 0 Å². The molecular formula is C18H23N3O2S. The Kier molecular flexibility index (Phi) is 5.26. The quantitative estimate of drug-likeness (QED) is 0.905. The Hall–Kier alpha value is -1.79. The molecule has 0 spiro atoms. The smallest absolute Gasteiger partial charge is 0.263 e. The highest BCUT2D eigenvalue weighted by Crippen LogP contribution is 2.25. The number of thiazole rings is 1. The average molecular weight is 345 g/mol. The average Bonchev–Trinajstić information content (AvgIpc) is 3.15. The van der Waals surface area contributed by atoms with Gasteiger partial charge in [0.25, 0.3) is 5.91 Å². The maximum atomic E-state index is 12.6. The maximum Gasteiger partial charge on any atom is 0.263 e. The van der Waals surface area contributed by atoms with Crippen molar-refractivity contribution in [1.29, 1.82) is 0 Å². The fraction of sp³-hybridized carbons (Fsp3) is 0.500. The fourth-order valence-electron chi connectivity index (χ4n) is 2.89. The zero-order valence-electron chi connectivity index (χ0n) is 14.3. The molecule has 2 atom stereocenters. The number of rotatable bonds is 5. The number of nitrogens with one attached hydrogen (secondary N) is 1. The fourth-order valence-corrected chi connectivity index (χ4v) is 3.86. The Morgan fingerprint density at radius 2 is 2.12 bits per heavy atom. The van der Waals surface area contributed by atoms with Gasteiger partial charge < -0.3 is 10.1 Å². The second kappa shape index (κ2) is 7.40. The van der Waals surface area contributed by atoms with Crippen LogP contribution in [0.5, 0.6) is 0 Å². The summed E-state index contributed by atoms with van der Waals surface area (Å²) < 4.78 is 5.61. The lowest BCUT2D eigenvalue weighted by atomic mass is 9.95. The van der Waals surface area contributed by atoms with Crippen molar-refractivity contribution < 1.29 is 9.53 Å². The number of carbonyl (C=O) groups is 1. The topological polar surface area (TPSA) is 64.1 Å². The molecule has 2 aromatic rings. The zero-order chi connectivity index (χ0) is 17.1. The summed E-state index contributed by atoms with van der Waals surface area (Å²) in [5.41, 5.74) is 2.03. The standard InChI is InChI=1S/C18H23N3O2S/c1-11(2)18-20-12(3)16(24-18)17(22)21-15-10-23-9-14(15)8-13-4-6-19-7-5-13/h4-7,11,14-15H,8-10H2,1-3H3,(H,21,22)/t14-,15-/m1/s1. The molecular weight excluding hydrogens is 322 g/mol. The first-order valence-electron chi connectivity index (χ1n) is 8.29. The molecule has 1 N–H and O–H groups in total. The van der Waals surface area contributed by atoms with Crippen molar-refractivity contribution in [2.24, 2.45) is 5.92 Å².